The van der Waals surface area contributed by atoms with Gasteiger partial charge in [-0.2, -0.15) is 0 Å². The molecule has 4 heteroatoms. The van der Waals surface area contributed by atoms with E-state index in [1.165, 1.54) is 0 Å². The smallest absolute Gasteiger partial charge is 0.242 e. The van der Waals surface area contributed by atoms with Crippen LogP contribution in [-0.2, 0) is 9.59 Å². The molecule has 4 nitrogen and oxygen atoms in total. The standard InChI is InChI=1S/C17H34N2O2/c1-12(2)9-13(15(21)18-11-17(6,7)8)19-14(20)10-16(3,4)5/h12-13H,9-11H2,1-8H3,(H,18,21)(H,19,20)/t13-/m0/s1. The Bertz CT molecular complexity index is 349. The van der Waals surface area contributed by atoms with E-state index >= 15 is 0 Å². The first kappa shape index (κ1) is 19.9. The molecule has 0 saturated carbocycles. The molecule has 21 heavy (non-hydrogen) atoms. The molecule has 0 aliphatic carbocycles. The zero-order valence-electron chi connectivity index (χ0n) is 15.1. The van der Waals surface area contributed by atoms with E-state index in [1.807, 2.05) is 20.8 Å². The van der Waals surface area contributed by atoms with Gasteiger partial charge in [-0.15, -0.1) is 0 Å². The van der Waals surface area contributed by atoms with E-state index in [0.29, 0.717) is 25.3 Å². The van der Waals surface area contributed by atoms with Crippen LogP contribution in [0.5, 0.6) is 0 Å². The molecule has 0 bridgehead atoms. The number of carbonyl (C=O) groups is 2. The van der Waals surface area contributed by atoms with Gasteiger partial charge >= 0.3 is 0 Å². The summed E-state index contributed by atoms with van der Waals surface area (Å²) in [5, 5.41) is 5.83. The third kappa shape index (κ3) is 11.3. The second-order valence-electron chi connectivity index (χ2n) is 8.77. The van der Waals surface area contributed by atoms with Crippen molar-refractivity contribution in [1.29, 1.82) is 0 Å². The van der Waals surface area contributed by atoms with Gasteiger partial charge in [0.15, 0.2) is 0 Å². The third-order valence-electron chi connectivity index (χ3n) is 2.84. The lowest BCUT2D eigenvalue weighted by molar-refractivity contribution is -0.130. The monoisotopic (exact) mass is 298 g/mol. The maximum atomic E-state index is 12.3. The van der Waals surface area contributed by atoms with Crippen molar-refractivity contribution in [2.75, 3.05) is 6.54 Å². The first-order valence-corrected chi connectivity index (χ1v) is 7.87. The maximum absolute atomic E-state index is 12.3. The normalized spacial score (nSPS) is 14.0. The molecule has 0 heterocycles. The van der Waals surface area contributed by atoms with Gasteiger partial charge in [-0.25, -0.2) is 0 Å². The topological polar surface area (TPSA) is 58.2 Å². The van der Waals surface area contributed by atoms with E-state index < -0.39 is 6.04 Å². The third-order valence-corrected chi connectivity index (χ3v) is 2.84. The van der Waals surface area contributed by atoms with E-state index in [4.69, 9.17) is 0 Å². The molecular weight excluding hydrogens is 264 g/mol. The Morgan fingerprint density at radius 1 is 0.952 bits per heavy atom. The number of hydrogen-bond acceptors (Lipinski definition) is 2. The Morgan fingerprint density at radius 2 is 1.48 bits per heavy atom. The van der Waals surface area contributed by atoms with Crippen LogP contribution in [0.4, 0.5) is 0 Å². The Hall–Kier alpha value is -1.06. The molecule has 0 aromatic rings. The van der Waals surface area contributed by atoms with Crippen LogP contribution >= 0.6 is 0 Å². The molecule has 0 aliphatic heterocycles. The van der Waals surface area contributed by atoms with Crippen LogP contribution in [0.25, 0.3) is 0 Å². The van der Waals surface area contributed by atoms with E-state index in [0.717, 1.165) is 0 Å². The fourth-order valence-electron chi connectivity index (χ4n) is 1.91. The zero-order chi connectivity index (χ0) is 16.8. The van der Waals surface area contributed by atoms with Crippen LogP contribution in [0.15, 0.2) is 0 Å². The van der Waals surface area contributed by atoms with Crippen molar-refractivity contribution in [2.24, 2.45) is 16.7 Å². The molecule has 2 amide bonds. The highest BCUT2D eigenvalue weighted by atomic mass is 16.2. The van der Waals surface area contributed by atoms with Gasteiger partial charge in [0.05, 0.1) is 0 Å². The van der Waals surface area contributed by atoms with E-state index in [1.54, 1.807) is 0 Å². The summed E-state index contributed by atoms with van der Waals surface area (Å²) in [5.41, 5.74) is -0.0399. The molecule has 0 radical (unpaired) electrons. The van der Waals surface area contributed by atoms with Gasteiger partial charge in [0.1, 0.15) is 6.04 Å². The van der Waals surface area contributed by atoms with Gasteiger partial charge in [0.2, 0.25) is 11.8 Å². The van der Waals surface area contributed by atoms with Gasteiger partial charge < -0.3 is 10.6 Å². The Morgan fingerprint density at radius 3 is 1.86 bits per heavy atom. The maximum Gasteiger partial charge on any atom is 0.242 e. The lowest BCUT2D eigenvalue weighted by Gasteiger charge is -2.25. The lowest BCUT2D eigenvalue weighted by Crippen LogP contribution is -2.49. The molecule has 0 unspecified atom stereocenters. The van der Waals surface area contributed by atoms with Crippen molar-refractivity contribution in [3.05, 3.63) is 0 Å². The predicted molar refractivity (Wildman–Crippen MR) is 87.9 cm³/mol. The summed E-state index contributed by atoms with van der Waals surface area (Å²) >= 11 is 0. The minimum Gasteiger partial charge on any atom is -0.354 e. The number of hydrogen-bond donors (Lipinski definition) is 2. The first-order valence-electron chi connectivity index (χ1n) is 7.87. The van der Waals surface area contributed by atoms with Crippen LogP contribution in [0.3, 0.4) is 0 Å². The van der Waals surface area contributed by atoms with E-state index in [-0.39, 0.29) is 22.6 Å². The Kier molecular flexibility index (Phi) is 7.41. The molecule has 0 aromatic heterocycles. The number of rotatable bonds is 6. The summed E-state index contributed by atoms with van der Waals surface area (Å²) in [4.78, 5) is 24.4. The molecule has 0 saturated heterocycles. The van der Waals surface area contributed by atoms with Gasteiger partial charge in [0.25, 0.3) is 0 Å². The molecule has 2 N–H and O–H groups in total. The van der Waals surface area contributed by atoms with Gasteiger partial charge in [-0.1, -0.05) is 55.4 Å². The van der Waals surface area contributed by atoms with Crippen molar-refractivity contribution in [3.8, 4) is 0 Å². The summed E-state index contributed by atoms with van der Waals surface area (Å²) < 4.78 is 0. The van der Waals surface area contributed by atoms with Crippen molar-refractivity contribution in [3.63, 3.8) is 0 Å². The van der Waals surface area contributed by atoms with Crippen LogP contribution in [0.1, 0.15) is 68.2 Å². The highest BCUT2D eigenvalue weighted by molar-refractivity contribution is 5.87. The largest absolute Gasteiger partial charge is 0.354 e. The van der Waals surface area contributed by atoms with Crippen molar-refractivity contribution in [2.45, 2.75) is 74.3 Å². The number of amides is 2. The number of nitrogens with one attached hydrogen (secondary N) is 2. The van der Waals surface area contributed by atoms with Gasteiger partial charge in [0, 0.05) is 13.0 Å². The van der Waals surface area contributed by atoms with Gasteiger partial charge in [-0.05, 0) is 23.2 Å². The van der Waals surface area contributed by atoms with Crippen LogP contribution in [0.2, 0.25) is 0 Å². The predicted octanol–water partition coefficient (Wildman–Crippen LogP) is 3.12. The Balaban J connectivity index is 4.64. The van der Waals surface area contributed by atoms with E-state index in [2.05, 4.69) is 45.3 Å². The summed E-state index contributed by atoms with van der Waals surface area (Å²) in [5.74, 6) is 0.213. The summed E-state index contributed by atoms with van der Waals surface area (Å²) in [7, 11) is 0. The fourth-order valence-corrected chi connectivity index (χ4v) is 1.91. The highest BCUT2D eigenvalue weighted by Gasteiger charge is 2.25. The molecule has 0 rings (SSSR count). The molecule has 0 aromatic carbocycles. The second-order valence-corrected chi connectivity index (χ2v) is 8.77. The van der Waals surface area contributed by atoms with Gasteiger partial charge in [-0.3, -0.25) is 9.59 Å². The molecule has 0 aliphatic rings. The minimum absolute atomic E-state index is 0.0352. The molecular formula is C17H34N2O2. The quantitative estimate of drug-likeness (QED) is 0.791. The molecule has 1 atom stereocenters. The fraction of sp³-hybridized carbons (Fsp3) is 0.882. The Labute approximate surface area is 130 Å². The average molecular weight is 298 g/mol. The van der Waals surface area contributed by atoms with Crippen molar-refractivity contribution >= 4 is 11.8 Å². The van der Waals surface area contributed by atoms with Crippen LogP contribution in [-0.4, -0.2) is 24.4 Å². The lowest BCUT2D eigenvalue weighted by atomic mass is 9.91. The second kappa shape index (κ2) is 7.81. The van der Waals surface area contributed by atoms with Crippen LogP contribution in [0, 0.1) is 16.7 Å². The molecule has 0 spiro atoms. The first-order chi connectivity index (χ1) is 9.30. The van der Waals surface area contributed by atoms with Crippen LogP contribution < -0.4 is 10.6 Å². The molecule has 0 fully saturated rings. The highest BCUT2D eigenvalue weighted by Crippen LogP contribution is 2.18. The molecule has 124 valence electrons. The number of carbonyl (C=O) groups excluding carboxylic acids is 2. The SMILES string of the molecule is CC(C)C[C@H](NC(=O)CC(C)(C)C)C(=O)NCC(C)(C)C. The average Bonchev–Trinajstić information content (AvgIpc) is 2.20. The summed E-state index contributed by atoms with van der Waals surface area (Å²) in [6.45, 7) is 17.0. The van der Waals surface area contributed by atoms with Crippen molar-refractivity contribution in [1.82, 2.24) is 10.6 Å². The minimum atomic E-state index is -0.442. The summed E-state index contributed by atoms with van der Waals surface area (Å²) in [6, 6.07) is -0.442. The van der Waals surface area contributed by atoms with Crippen molar-refractivity contribution < 1.29 is 9.59 Å². The zero-order valence-corrected chi connectivity index (χ0v) is 15.1. The van der Waals surface area contributed by atoms with E-state index in [9.17, 15) is 9.59 Å². The summed E-state index contributed by atoms with van der Waals surface area (Å²) in [6.07, 6.45) is 1.08.